The lowest BCUT2D eigenvalue weighted by molar-refractivity contribution is 0.0524. The van der Waals surface area contributed by atoms with E-state index in [0.29, 0.717) is 36.1 Å². The number of nitrogens with zero attached hydrogens (tertiary/aromatic N) is 3. The van der Waals surface area contributed by atoms with Crippen LogP contribution in [-0.4, -0.2) is 71.7 Å². The third-order valence-electron chi connectivity index (χ3n) is 6.21. The number of hydrogen-bond acceptors (Lipinski definition) is 7. The number of esters is 1. The summed E-state index contributed by atoms with van der Waals surface area (Å²) in [6.07, 6.45) is 1.01. The van der Waals surface area contributed by atoms with Crippen LogP contribution in [0.1, 0.15) is 71.6 Å². The van der Waals surface area contributed by atoms with Gasteiger partial charge >= 0.3 is 12.1 Å². The number of carbonyl (C=O) groups is 4. The summed E-state index contributed by atoms with van der Waals surface area (Å²) >= 11 is 0. The number of aromatic nitrogens is 2. The van der Waals surface area contributed by atoms with Gasteiger partial charge in [0.25, 0.3) is 11.8 Å². The minimum Gasteiger partial charge on any atom is -0.465 e. The third kappa shape index (κ3) is 8.29. The summed E-state index contributed by atoms with van der Waals surface area (Å²) in [5.74, 6) is -0.801. The van der Waals surface area contributed by atoms with Crippen molar-refractivity contribution in [3.8, 4) is 0 Å². The molecule has 1 atom stereocenters. The topological polar surface area (TPSA) is 132 Å². The highest BCUT2D eigenvalue weighted by Crippen LogP contribution is 2.27. The largest absolute Gasteiger partial charge is 0.465 e. The average molecular weight is 566 g/mol. The summed E-state index contributed by atoms with van der Waals surface area (Å²) < 4.78 is 11.9. The van der Waals surface area contributed by atoms with Gasteiger partial charge in [0, 0.05) is 32.7 Å². The van der Waals surface area contributed by atoms with Crippen molar-refractivity contribution in [2.75, 3.05) is 33.1 Å². The van der Waals surface area contributed by atoms with Crippen LogP contribution in [0, 0.1) is 5.92 Å². The van der Waals surface area contributed by atoms with Gasteiger partial charge in [-0.25, -0.2) is 14.6 Å². The molecule has 0 saturated carbocycles. The summed E-state index contributed by atoms with van der Waals surface area (Å²) in [5, 5.41) is 5.64. The van der Waals surface area contributed by atoms with Crippen LogP contribution in [0.3, 0.4) is 0 Å². The Morgan fingerprint density at radius 1 is 1.05 bits per heavy atom. The number of hydrogen-bond donors (Lipinski definition) is 2. The highest BCUT2D eigenvalue weighted by Gasteiger charge is 2.22. The number of rotatable bonds is 10. The number of amides is 3. The highest BCUT2D eigenvalue weighted by molar-refractivity contribution is 6.08. The maximum atomic E-state index is 13.2. The summed E-state index contributed by atoms with van der Waals surface area (Å²) in [6.45, 7) is 8.40. The van der Waals surface area contributed by atoms with Crippen LogP contribution in [0.4, 0.5) is 10.7 Å². The van der Waals surface area contributed by atoms with Gasteiger partial charge in [0.1, 0.15) is 5.60 Å². The quantitative estimate of drug-likeness (QED) is 0.269. The maximum absolute atomic E-state index is 13.2. The smallest absolute Gasteiger partial charge is 0.407 e. The van der Waals surface area contributed by atoms with Gasteiger partial charge in [-0.05, 0) is 69.9 Å². The maximum Gasteiger partial charge on any atom is 0.407 e. The van der Waals surface area contributed by atoms with E-state index in [4.69, 9.17) is 9.47 Å². The number of methoxy groups -OCH3 is 1. The number of fused-ring (bicyclic) bond motifs is 1. The molecule has 41 heavy (non-hydrogen) atoms. The molecule has 0 saturated heterocycles. The number of anilines is 1. The van der Waals surface area contributed by atoms with E-state index in [1.807, 2.05) is 25.3 Å². The Hall–Kier alpha value is -4.41. The Morgan fingerprint density at radius 2 is 1.73 bits per heavy atom. The summed E-state index contributed by atoms with van der Waals surface area (Å²) in [6, 6.07) is 11.5. The molecule has 1 heterocycles. The van der Waals surface area contributed by atoms with Gasteiger partial charge in [0.15, 0.2) is 0 Å². The first kappa shape index (κ1) is 31.1. The Labute approximate surface area is 240 Å². The van der Waals surface area contributed by atoms with E-state index in [2.05, 4.69) is 22.5 Å². The molecule has 0 aliphatic carbocycles. The van der Waals surface area contributed by atoms with Crippen molar-refractivity contribution < 1.29 is 28.7 Å². The fraction of sp³-hybridized carbons (Fsp3) is 0.433. The molecule has 11 nitrogen and oxygen atoms in total. The molecule has 3 rings (SSSR count). The Bertz CT molecular complexity index is 1420. The van der Waals surface area contributed by atoms with Crippen LogP contribution in [0.2, 0.25) is 0 Å². The van der Waals surface area contributed by atoms with Gasteiger partial charge in [0.2, 0.25) is 5.95 Å². The summed E-state index contributed by atoms with van der Waals surface area (Å²) in [5.41, 5.74) is 1.59. The van der Waals surface area contributed by atoms with E-state index < -0.39 is 23.6 Å². The molecule has 3 aromatic rings. The molecule has 0 aliphatic rings. The number of alkyl carbamates (subject to hydrolysis) is 1. The molecule has 220 valence electrons. The first-order valence-corrected chi connectivity index (χ1v) is 13.5. The van der Waals surface area contributed by atoms with E-state index in [-0.39, 0.29) is 28.9 Å². The van der Waals surface area contributed by atoms with E-state index in [0.717, 1.165) is 6.42 Å². The molecule has 11 heteroatoms. The van der Waals surface area contributed by atoms with Crippen molar-refractivity contribution in [2.24, 2.45) is 5.92 Å². The lowest BCUT2D eigenvalue weighted by Gasteiger charge is -2.20. The molecule has 0 bridgehead atoms. The second-order valence-electron chi connectivity index (χ2n) is 11.1. The van der Waals surface area contributed by atoms with Gasteiger partial charge < -0.3 is 24.3 Å². The number of imidazole rings is 1. The van der Waals surface area contributed by atoms with Crippen molar-refractivity contribution in [2.45, 2.75) is 52.7 Å². The second-order valence-corrected chi connectivity index (χ2v) is 11.1. The highest BCUT2D eigenvalue weighted by atomic mass is 16.6. The van der Waals surface area contributed by atoms with Gasteiger partial charge in [-0.15, -0.1) is 0 Å². The first-order valence-electron chi connectivity index (χ1n) is 13.5. The molecule has 0 aliphatic heterocycles. The Kier molecular flexibility index (Phi) is 10.1. The van der Waals surface area contributed by atoms with Crippen molar-refractivity contribution in [1.29, 1.82) is 0 Å². The molecule has 0 spiro atoms. The van der Waals surface area contributed by atoms with E-state index in [1.165, 1.54) is 18.1 Å². The normalized spacial score (nSPS) is 12.0. The molecule has 2 N–H and O–H groups in total. The zero-order chi connectivity index (χ0) is 30.3. The molecule has 2 aromatic carbocycles. The summed E-state index contributed by atoms with van der Waals surface area (Å²) in [4.78, 5) is 56.4. The van der Waals surface area contributed by atoms with Crippen LogP contribution in [0.5, 0.6) is 0 Å². The van der Waals surface area contributed by atoms with E-state index in [1.54, 1.807) is 50.5 Å². The van der Waals surface area contributed by atoms with Crippen LogP contribution in [0.25, 0.3) is 11.0 Å². The van der Waals surface area contributed by atoms with Crippen molar-refractivity contribution in [1.82, 2.24) is 19.8 Å². The minimum atomic E-state index is -0.566. The zero-order valence-electron chi connectivity index (χ0n) is 24.7. The van der Waals surface area contributed by atoms with Crippen LogP contribution in [-0.2, 0) is 16.0 Å². The number of nitrogens with one attached hydrogen (secondary N) is 2. The fourth-order valence-electron chi connectivity index (χ4n) is 4.31. The van der Waals surface area contributed by atoms with Crippen molar-refractivity contribution in [3.63, 3.8) is 0 Å². The standard InChI is InChI=1S/C30H39N5O6/c1-19(11-10-16-31-29(39)41-30(2,3)4)18-35-24-22(26(37)34(5)6)14-9-15-23(24)32-28(35)33-25(36)20-12-8-13-21(17-20)27(38)40-7/h8-9,12-15,17,19H,10-11,16,18H2,1-7H3,(H,31,39)(H,32,33,36). The molecular weight excluding hydrogens is 526 g/mol. The van der Waals surface area contributed by atoms with Gasteiger partial charge in [0.05, 0.1) is 29.3 Å². The first-order chi connectivity index (χ1) is 19.3. The predicted molar refractivity (Wildman–Crippen MR) is 156 cm³/mol. The third-order valence-corrected chi connectivity index (χ3v) is 6.21. The van der Waals surface area contributed by atoms with E-state index in [9.17, 15) is 19.2 Å². The molecule has 0 radical (unpaired) electrons. The zero-order valence-corrected chi connectivity index (χ0v) is 24.7. The molecule has 1 aromatic heterocycles. The Morgan fingerprint density at radius 3 is 2.39 bits per heavy atom. The number of para-hydroxylation sites is 1. The minimum absolute atomic E-state index is 0.105. The Balaban J connectivity index is 1.86. The second kappa shape index (κ2) is 13.3. The summed E-state index contributed by atoms with van der Waals surface area (Å²) in [7, 11) is 4.64. The van der Waals surface area contributed by atoms with Crippen LogP contribution < -0.4 is 10.6 Å². The fourth-order valence-corrected chi connectivity index (χ4v) is 4.31. The van der Waals surface area contributed by atoms with Crippen molar-refractivity contribution >= 4 is 40.9 Å². The van der Waals surface area contributed by atoms with Gasteiger partial charge in [-0.2, -0.15) is 0 Å². The van der Waals surface area contributed by atoms with Crippen molar-refractivity contribution in [3.05, 3.63) is 59.2 Å². The van der Waals surface area contributed by atoms with E-state index >= 15 is 0 Å². The monoisotopic (exact) mass is 565 g/mol. The van der Waals surface area contributed by atoms with Gasteiger partial charge in [-0.3, -0.25) is 14.9 Å². The lowest BCUT2D eigenvalue weighted by atomic mass is 10.1. The molecule has 1 unspecified atom stereocenters. The number of ether oxygens (including phenoxy) is 2. The molecule has 0 fully saturated rings. The molecule has 3 amide bonds. The van der Waals surface area contributed by atoms with Crippen LogP contribution >= 0.6 is 0 Å². The van der Waals surface area contributed by atoms with Crippen LogP contribution in [0.15, 0.2) is 42.5 Å². The number of benzene rings is 2. The lowest BCUT2D eigenvalue weighted by Crippen LogP contribution is -2.33. The average Bonchev–Trinajstić information content (AvgIpc) is 3.25. The van der Waals surface area contributed by atoms with Gasteiger partial charge in [-0.1, -0.05) is 19.1 Å². The number of carbonyl (C=O) groups excluding carboxylic acids is 4. The SMILES string of the molecule is COC(=O)c1cccc(C(=O)Nc2nc3cccc(C(=O)N(C)C)c3n2CC(C)CCCNC(=O)OC(C)(C)C)c1. The molecular formula is C30H39N5O6. The predicted octanol–water partition coefficient (Wildman–Crippen LogP) is 4.72.